The van der Waals surface area contributed by atoms with Crippen LogP contribution in [0.1, 0.15) is 35.3 Å². The molecule has 0 unspecified atom stereocenters. The van der Waals surface area contributed by atoms with Gasteiger partial charge in [0.2, 0.25) is 5.91 Å². The second-order valence-corrected chi connectivity index (χ2v) is 4.46. The van der Waals surface area contributed by atoms with Crippen molar-refractivity contribution < 1.29 is 27.5 Å². The molecule has 0 aliphatic rings. The van der Waals surface area contributed by atoms with Crippen molar-refractivity contribution in [2.75, 3.05) is 13.7 Å². The number of rotatable bonds is 6. The molecule has 0 bridgehead atoms. The first-order valence-electron chi connectivity index (χ1n) is 6.21. The number of carbonyl (C=O) groups is 2. The lowest BCUT2D eigenvalue weighted by atomic mass is 10.0. The highest BCUT2D eigenvalue weighted by Gasteiger charge is 2.41. The van der Waals surface area contributed by atoms with Gasteiger partial charge in [0.25, 0.3) is 0 Å². The number of Topliss-reactive ketones (excluding diaryl/α,β-unsaturated/α-hetero) is 1. The van der Waals surface area contributed by atoms with Crippen LogP contribution in [0.4, 0.5) is 13.2 Å². The minimum Gasteiger partial charge on any atom is -0.384 e. The predicted octanol–water partition coefficient (Wildman–Crippen LogP) is 2.65. The second kappa shape index (κ2) is 7.21. The largest absolute Gasteiger partial charge is 0.412 e. The average molecular weight is 303 g/mol. The van der Waals surface area contributed by atoms with Crippen molar-refractivity contribution in [3.8, 4) is 0 Å². The molecule has 0 aromatic heterocycles. The summed E-state index contributed by atoms with van der Waals surface area (Å²) in [5.74, 6) is -0.996. The summed E-state index contributed by atoms with van der Waals surface area (Å²) in [6.45, 7) is 1.26. The number of ketones is 1. The number of alkyl halides is 3. The Morgan fingerprint density at radius 3 is 2.24 bits per heavy atom. The molecule has 1 N–H and O–H groups in total. The Morgan fingerprint density at radius 2 is 1.81 bits per heavy atom. The van der Waals surface area contributed by atoms with Gasteiger partial charge in [0.15, 0.2) is 11.8 Å². The highest BCUT2D eigenvalue weighted by Crippen LogP contribution is 2.32. The minimum atomic E-state index is -4.60. The number of hydrogen-bond acceptors (Lipinski definition) is 3. The Bertz CT molecular complexity index is 497. The van der Waals surface area contributed by atoms with Crippen molar-refractivity contribution in [1.29, 1.82) is 0 Å². The van der Waals surface area contributed by atoms with Crippen LogP contribution in [0, 0.1) is 0 Å². The number of benzene rings is 1. The van der Waals surface area contributed by atoms with Crippen molar-refractivity contribution >= 4 is 11.7 Å². The van der Waals surface area contributed by atoms with E-state index in [0.717, 1.165) is 6.92 Å². The fourth-order valence-electron chi connectivity index (χ4n) is 1.76. The quantitative estimate of drug-likeness (QED) is 0.822. The number of ether oxygens (including phenoxy) is 1. The normalized spacial score (nSPS) is 12.8. The maximum Gasteiger partial charge on any atom is 0.412 e. The molecule has 1 aromatic rings. The highest BCUT2D eigenvalue weighted by molar-refractivity contribution is 5.96. The highest BCUT2D eigenvalue weighted by atomic mass is 19.4. The Kier molecular flexibility index (Phi) is 5.90. The molecule has 7 heteroatoms. The van der Waals surface area contributed by atoms with Crippen LogP contribution < -0.4 is 5.32 Å². The van der Waals surface area contributed by atoms with E-state index >= 15 is 0 Å². The molecule has 0 aliphatic heterocycles. The van der Waals surface area contributed by atoms with Gasteiger partial charge in [0.05, 0.1) is 6.61 Å². The maximum atomic E-state index is 12.9. The SMILES string of the molecule is COCCC(=O)c1ccc([C@H](NC(C)=O)C(F)(F)F)cc1. The lowest BCUT2D eigenvalue weighted by molar-refractivity contribution is -0.162. The van der Waals surface area contributed by atoms with Gasteiger partial charge in [-0.1, -0.05) is 24.3 Å². The van der Waals surface area contributed by atoms with Gasteiger partial charge in [0.1, 0.15) is 0 Å². The smallest absolute Gasteiger partial charge is 0.384 e. The number of hydrogen-bond donors (Lipinski definition) is 1. The summed E-state index contributed by atoms with van der Waals surface area (Å²) < 4.78 is 43.4. The van der Waals surface area contributed by atoms with Gasteiger partial charge >= 0.3 is 6.18 Å². The third-order valence-electron chi connectivity index (χ3n) is 2.77. The fourth-order valence-corrected chi connectivity index (χ4v) is 1.76. The monoisotopic (exact) mass is 303 g/mol. The van der Waals surface area contributed by atoms with Gasteiger partial charge in [-0.2, -0.15) is 13.2 Å². The van der Waals surface area contributed by atoms with Crippen LogP contribution >= 0.6 is 0 Å². The van der Waals surface area contributed by atoms with Crippen molar-refractivity contribution in [3.63, 3.8) is 0 Å². The van der Waals surface area contributed by atoms with Crippen LogP contribution in [-0.2, 0) is 9.53 Å². The van der Waals surface area contributed by atoms with E-state index in [1.807, 2.05) is 5.32 Å². The molecule has 0 radical (unpaired) electrons. The summed E-state index contributed by atoms with van der Waals surface area (Å²) >= 11 is 0. The summed E-state index contributed by atoms with van der Waals surface area (Å²) in [7, 11) is 1.46. The third kappa shape index (κ3) is 5.18. The minimum absolute atomic E-state index is 0.124. The van der Waals surface area contributed by atoms with E-state index in [4.69, 9.17) is 4.74 Å². The first kappa shape index (κ1) is 17.2. The molecule has 0 saturated heterocycles. The first-order chi connectivity index (χ1) is 9.75. The topological polar surface area (TPSA) is 55.4 Å². The van der Waals surface area contributed by atoms with Crippen LogP contribution in [0.3, 0.4) is 0 Å². The number of nitrogens with one attached hydrogen (secondary N) is 1. The van der Waals surface area contributed by atoms with E-state index in [1.165, 1.54) is 31.4 Å². The lowest BCUT2D eigenvalue weighted by Gasteiger charge is -2.21. The third-order valence-corrected chi connectivity index (χ3v) is 2.77. The summed E-state index contributed by atoms with van der Waals surface area (Å²) in [5.41, 5.74) is 0.181. The van der Waals surface area contributed by atoms with E-state index in [2.05, 4.69) is 0 Å². The number of methoxy groups -OCH3 is 1. The van der Waals surface area contributed by atoms with Gasteiger partial charge in [0, 0.05) is 26.0 Å². The van der Waals surface area contributed by atoms with Crippen LogP contribution in [0.25, 0.3) is 0 Å². The summed E-state index contributed by atoms with van der Waals surface area (Å²) in [6.07, 6.45) is -4.45. The number of halogens is 3. The van der Waals surface area contributed by atoms with Crippen LogP contribution in [0.5, 0.6) is 0 Å². The Morgan fingerprint density at radius 1 is 1.24 bits per heavy atom. The molecule has 1 aromatic carbocycles. The van der Waals surface area contributed by atoms with Gasteiger partial charge in [-0.25, -0.2) is 0 Å². The molecular formula is C14H16F3NO3. The molecule has 116 valence electrons. The summed E-state index contributed by atoms with van der Waals surface area (Å²) in [4.78, 5) is 22.6. The van der Waals surface area contributed by atoms with Crippen molar-refractivity contribution in [3.05, 3.63) is 35.4 Å². The molecule has 0 spiro atoms. The molecule has 0 heterocycles. The van der Waals surface area contributed by atoms with E-state index in [-0.39, 0.29) is 24.4 Å². The van der Waals surface area contributed by atoms with E-state index in [9.17, 15) is 22.8 Å². The zero-order valence-electron chi connectivity index (χ0n) is 11.7. The maximum absolute atomic E-state index is 12.9. The van der Waals surface area contributed by atoms with Gasteiger partial charge < -0.3 is 10.1 Å². The van der Waals surface area contributed by atoms with Gasteiger partial charge in [-0.15, -0.1) is 0 Å². The van der Waals surface area contributed by atoms with Gasteiger partial charge in [-0.05, 0) is 5.56 Å². The predicted molar refractivity (Wildman–Crippen MR) is 69.9 cm³/mol. The van der Waals surface area contributed by atoms with Crippen molar-refractivity contribution in [1.82, 2.24) is 5.32 Å². The Balaban J connectivity index is 2.92. The molecular weight excluding hydrogens is 287 g/mol. The Hall–Kier alpha value is -1.89. The number of amides is 1. The fraction of sp³-hybridized carbons (Fsp3) is 0.429. The molecule has 1 amide bonds. The first-order valence-corrected chi connectivity index (χ1v) is 6.21. The average Bonchev–Trinajstić information content (AvgIpc) is 2.41. The molecule has 1 rings (SSSR count). The van der Waals surface area contributed by atoms with Gasteiger partial charge in [-0.3, -0.25) is 9.59 Å². The van der Waals surface area contributed by atoms with Crippen molar-refractivity contribution in [2.45, 2.75) is 25.6 Å². The molecule has 21 heavy (non-hydrogen) atoms. The van der Waals surface area contributed by atoms with E-state index in [0.29, 0.717) is 5.56 Å². The number of carbonyl (C=O) groups excluding carboxylic acids is 2. The Labute approximate surface area is 120 Å². The van der Waals surface area contributed by atoms with E-state index < -0.39 is 18.1 Å². The summed E-state index contributed by atoms with van der Waals surface area (Å²) in [5, 5.41) is 1.85. The van der Waals surface area contributed by atoms with E-state index in [1.54, 1.807) is 0 Å². The zero-order chi connectivity index (χ0) is 16.0. The molecule has 0 saturated carbocycles. The molecule has 0 aliphatic carbocycles. The lowest BCUT2D eigenvalue weighted by Crippen LogP contribution is -2.36. The second-order valence-electron chi connectivity index (χ2n) is 4.46. The summed E-state index contributed by atoms with van der Waals surface area (Å²) in [6, 6.07) is 2.92. The molecule has 4 nitrogen and oxygen atoms in total. The molecule has 0 fully saturated rings. The standard InChI is InChI=1S/C14H16F3NO3/c1-9(19)18-13(14(15,16)17)11-5-3-10(4-6-11)12(20)7-8-21-2/h3-6,13H,7-8H2,1-2H3,(H,18,19)/t13-/m0/s1. The van der Waals surface area contributed by atoms with Crippen molar-refractivity contribution in [2.24, 2.45) is 0 Å². The van der Waals surface area contributed by atoms with Crippen LogP contribution in [0.15, 0.2) is 24.3 Å². The molecule has 1 atom stereocenters. The zero-order valence-corrected chi connectivity index (χ0v) is 11.7. The van der Waals surface area contributed by atoms with Crippen LogP contribution in [0.2, 0.25) is 0 Å². The van der Waals surface area contributed by atoms with Crippen LogP contribution in [-0.4, -0.2) is 31.6 Å².